The predicted octanol–water partition coefficient (Wildman–Crippen LogP) is 2.25. The van der Waals surface area contributed by atoms with Crippen LogP contribution in [-0.2, 0) is 4.74 Å². The zero-order valence-corrected chi connectivity index (χ0v) is 9.46. The average molecular weight is 243 g/mol. The second kappa shape index (κ2) is 5.96. The number of hydrogen-bond acceptors (Lipinski definition) is 3. The normalized spacial score (nSPS) is 28.0. The maximum absolute atomic E-state index is 11.8. The van der Waals surface area contributed by atoms with Crippen molar-refractivity contribution < 1.29 is 17.9 Å². The fourth-order valence-electron chi connectivity index (χ4n) is 1.54. The number of thioether (sulfide) groups is 1. The van der Waals surface area contributed by atoms with Gasteiger partial charge >= 0.3 is 5.51 Å². The fourth-order valence-corrected chi connectivity index (χ4v) is 1.95. The van der Waals surface area contributed by atoms with E-state index in [1.165, 1.54) is 0 Å². The van der Waals surface area contributed by atoms with E-state index in [4.69, 9.17) is 4.74 Å². The number of ether oxygens (including phenoxy) is 1. The van der Waals surface area contributed by atoms with Crippen LogP contribution in [0.25, 0.3) is 0 Å². The van der Waals surface area contributed by atoms with Crippen molar-refractivity contribution >= 4 is 11.8 Å². The van der Waals surface area contributed by atoms with Gasteiger partial charge in [0.05, 0.1) is 12.7 Å². The standard InChI is InChI=1S/C9H16F3NOS/c1-7-2-3-13-6-8(7)14-4-5-15-9(10,11)12/h7-8,13H,2-6H2,1H3. The highest BCUT2D eigenvalue weighted by atomic mass is 32.2. The van der Waals surface area contributed by atoms with Gasteiger partial charge in [-0.15, -0.1) is 0 Å². The lowest BCUT2D eigenvalue weighted by Crippen LogP contribution is -2.41. The minimum atomic E-state index is -4.14. The van der Waals surface area contributed by atoms with Crippen molar-refractivity contribution in [3.05, 3.63) is 0 Å². The summed E-state index contributed by atoms with van der Waals surface area (Å²) in [5, 5.41) is 3.17. The molecule has 90 valence electrons. The average Bonchev–Trinajstić information content (AvgIpc) is 2.13. The van der Waals surface area contributed by atoms with Gasteiger partial charge in [-0.2, -0.15) is 13.2 Å². The van der Waals surface area contributed by atoms with Gasteiger partial charge in [-0.3, -0.25) is 0 Å². The van der Waals surface area contributed by atoms with Gasteiger partial charge in [0, 0.05) is 12.3 Å². The van der Waals surface area contributed by atoms with Crippen molar-refractivity contribution in [2.24, 2.45) is 5.92 Å². The van der Waals surface area contributed by atoms with Crippen molar-refractivity contribution in [1.29, 1.82) is 0 Å². The van der Waals surface area contributed by atoms with E-state index in [1.807, 2.05) is 0 Å². The van der Waals surface area contributed by atoms with Gasteiger partial charge in [0.2, 0.25) is 0 Å². The third-order valence-electron chi connectivity index (χ3n) is 2.44. The Morgan fingerprint density at radius 1 is 1.47 bits per heavy atom. The summed E-state index contributed by atoms with van der Waals surface area (Å²) in [5.74, 6) is 0.411. The highest BCUT2D eigenvalue weighted by molar-refractivity contribution is 8.00. The molecule has 1 N–H and O–H groups in total. The molecule has 1 aliphatic rings. The Hall–Kier alpha value is 0.0600. The summed E-state index contributed by atoms with van der Waals surface area (Å²) in [7, 11) is 0. The van der Waals surface area contributed by atoms with Crippen molar-refractivity contribution in [3.63, 3.8) is 0 Å². The molecule has 0 spiro atoms. The summed E-state index contributed by atoms with van der Waals surface area (Å²) in [6.45, 7) is 3.96. The second-order valence-corrected chi connectivity index (χ2v) is 4.83. The Morgan fingerprint density at radius 2 is 2.20 bits per heavy atom. The van der Waals surface area contributed by atoms with E-state index in [-0.39, 0.29) is 30.2 Å². The summed E-state index contributed by atoms with van der Waals surface area (Å²) in [4.78, 5) is 0. The lowest BCUT2D eigenvalue weighted by molar-refractivity contribution is -0.0340. The largest absolute Gasteiger partial charge is 0.441 e. The molecule has 0 radical (unpaired) electrons. The first kappa shape index (κ1) is 13.1. The van der Waals surface area contributed by atoms with Crippen LogP contribution in [0, 0.1) is 5.92 Å². The Labute approximate surface area is 91.9 Å². The molecule has 2 atom stereocenters. The van der Waals surface area contributed by atoms with E-state index in [2.05, 4.69) is 12.2 Å². The van der Waals surface area contributed by atoms with Crippen LogP contribution in [0.15, 0.2) is 0 Å². The monoisotopic (exact) mass is 243 g/mol. The molecular formula is C9H16F3NOS. The van der Waals surface area contributed by atoms with Crippen molar-refractivity contribution in [2.45, 2.75) is 25.0 Å². The molecule has 0 aromatic heterocycles. The van der Waals surface area contributed by atoms with Crippen molar-refractivity contribution in [1.82, 2.24) is 5.32 Å². The van der Waals surface area contributed by atoms with Crippen LogP contribution in [0.3, 0.4) is 0 Å². The smallest absolute Gasteiger partial charge is 0.376 e. The van der Waals surface area contributed by atoms with Gasteiger partial charge in [0.15, 0.2) is 0 Å². The highest BCUT2D eigenvalue weighted by Gasteiger charge is 2.28. The van der Waals surface area contributed by atoms with Gasteiger partial charge < -0.3 is 10.1 Å². The topological polar surface area (TPSA) is 21.3 Å². The molecule has 1 rings (SSSR count). The molecule has 0 aliphatic carbocycles. The van der Waals surface area contributed by atoms with E-state index in [0.29, 0.717) is 5.92 Å². The van der Waals surface area contributed by atoms with Crippen LogP contribution in [0.2, 0.25) is 0 Å². The van der Waals surface area contributed by atoms with E-state index in [1.54, 1.807) is 0 Å². The minimum Gasteiger partial charge on any atom is -0.376 e. The Balaban J connectivity index is 2.08. The van der Waals surface area contributed by atoms with Crippen LogP contribution in [0.5, 0.6) is 0 Å². The van der Waals surface area contributed by atoms with Gasteiger partial charge in [0.1, 0.15) is 0 Å². The molecule has 1 fully saturated rings. The molecule has 1 saturated heterocycles. The molecule has 0 amide bonds. The predicted molar refractivity (Wildman–Crippen MR) is 54.9 cm³/mol. The molecule has 0 aromatic carbocycles. The van der Waals surface area contributed by atoms with Crippen molar-refractivity contribution in [3.8, 4) is 0 Å². The van der Waals surface area contributed by atoms with Crippen LogP contribution in [0.4, 0.5) is 13.2 Å². The maximum atomic E-state index is 11.8. The third kappa shape index (κ3) is 5.63. The lowest BCUT2D eigenvalue weighted by Gasteiger charge is -2.29. The summed E-state index contributed by atoms with van der Waals surface area (Å²) >= 11 is -0.0220. The fraction of sp³-hybridized carbons (Fsp3) is 1.00. The van der Waals surface area contributed by atoms with Crippen LogP contribution < -0.4 is 5.32 Å². The summed E-state index contributed by atoms with van der Waals surface area (Å²) in [6, 6.07) is 0. The van der Waals surface area contributed by atoms with Gasteiger partial charge in [-0.25, -0.2) is 0 Å². The van der Waals surface area contributed by atoms with Crippen LogP contribution in [-0.4, -0.2) is 37.1 Å². The Morgan fingerprint density at radius 3 is 2.80 bits per heavy atom. The van der Waals surface area contributed by atoms with Gasteiger partial charge in [0.25, 0.3) is 0 Å². The Kier molecular flexibility index (Phi) is 5.22. The molecular weight excluding hydrogens is 227 g/mol. The van der Waals surface area contributed by atoms with Crippen LogP contribution >= 0.6 is 11.8 Å². The second-order valence-electron chi connectivity index (χ2n) is 3.67. The Bertz CT molecular complexity index is 189. The molecule has 6 heteroatoms. The number of rotatable bonds is 4. The number of halogens is 3. The quantitative estimate of drug-likeness (QED) is 0.765. The minimum absolute atomic E-state index is 0.0211. The maximum Gasteiger partial charge on any atom is 0.441 e. The first-order valence-corrected chi connectivity index (χ1v) is 6.00. The summed E-state index contributed by atoms with van der Waals surface area (Å²) in [5.41, 5.74) is -4.14. The van der Waals surface area contributed by atoms with Gasteiger partial charge in [-0.1, -0.05) is 6.92 Å². The van der Waals surface area contributed by atoms with Crippen LogP contribution in [0.1, 0.15) is 13.3 Å². The molecule has 2 unspecified atom stereocenters. The molecule has 0 aromatic rings. The molecule has 15 heavy (non-hydrogen) atoms. The molecule has 2 nitrogen and oxygen atoms in total. The number of nitrogens with one attached hydrogen (secondary N) is 1. The van der Waals surface area contributed by atoms with Gasteiger partial charge in [-0.05, 0) is 30.6 Å². The number of piperidine rings is 1. The van der Waals surface area contributed by atoms with E-state index >= 15 is 0 Å². The summed E-state index contributed by atoms with van der Waals surface area (Å²) < 4.78 is 40.8. The third-order valence-corrected chi connectivity index (χ3v) is 3.14. The zero-order chi connectivity index (χ0) is 11.3. The zero-order valence-electron chi connectivity index (χ0n) is 8.64. The number of alkyl halides is 3. The summed E-state index contributed by atoms with van der Waals surface area (Å²) in [6.07, 6.45) is 1.09. The van der Waals surface area contributed by atoms with E-state index in [0.717, 1.165) is 19.5 Å². The lowest BCUT2D eigenvalue weighted by atomic mass is 9.97. The van der Waals surface area contributed by atoms with E-state index < -0.39 is 5.51 Å². The highest BCUT2D eigenvalue weighted by Crippen LogP contribution is 2.29. The van der Waals surface area contributed by atoms with E-state index in [9.17, 15) is 13.2 Å². The van der Waals surface area contributed by atoms with Crippen molar-refractivity contribution in [2.75, 3.05) is 25.4 Å². The SMILES string of the molecule is CC1CCNCC1OCCSC(F)(F)F. The number of hydrogen-bond donors (Lipinski definition) is 1. The first-order chi connectivity index (χ1) is 6.99. The molecule has 1 aliphatic heterocycles. The first-order valence-electron chi connectivity index (χ1n) is 5.02. The molecule has 0 saturated carbocycles. The molecule has 1 heterocycles. The molecule has 0 bridgehead atoms.